The molecule has 1 heteroatoms. The molecule has 98 valence electrons. The van der Waals surface area contributed by atoms with Gasteiger partial charge in [-0.2, -0.15) is 0 Å². The first-order chi connectivity index (χ1) is 7.92. The van der Waals surface area contributed by atoms with Crippen LogP contribution in [0.2, 0.25) is 0 Å². The number of hydrogen-bond donors (Lipinski definition) is 0. The molecule has 1 unspecified atom stereocenters. The minimum absolute atomic E-state index is 0.270. The summed E-state index contributed by atoms with van der Waals surface area (Å²) in [6.45, 7) is 9.35. The minimum atomic E-state index is 0.270. The Morgan fingerprint density at radius 2 is 1.88 bits per heavy atom. The second-order valence-corrected chi connectivity index (χ2v) is 7.17. The van der Waals surface area contributed by atoms with Crippen LogP contribution in [0, 0.1) is 22.7 Å². The van der Waals surface area contributed by atoms with Crippen molar-refractivity contribution in [3.05, 3.63) is 0 Å². The van der Waals surface area contributed by atoms with Crippen LogP contribution >= 0.6 is 0 Å². The van der Waals surface area contributed by atoms with Crippen molar-refractivity contribution >= 4 is 5.78 Å². The third-order valence-corrected chi connectivity index (χ3v) is 6.00. The highest BCUT2D eigenvalue weighted by Gasteiger charge is 2.54. The molecule has 2 aliphatic carbocycles. The summed E-state index contributed by atoms with van der Waals surface area (Å²) in [5.74, 6) is 1.34. The van der Waals surface area contributed by atoms with Gasteiger partial charge in [0, 0.05) is 11.8 Å². The molecule has 2 aliphatic rings. The second kappa shape index (κ2) is 4.40. The summed E-state index contributed by atoms with van der Waals surface area (Å²) < 4.78 is 0. The van der Waals surface area contributed by atoms with Gasteiger partial charge >= 0.3 is 0 Å². The lowest BCUT2D eigenvalue weighted by atomic mass is 9.48. The monoisotopic (exact) mass is 236 g/mol. The Balaban J connectivity index is 2.23. The van der Waals surface area contributed by atoms with Crippen LogP contribution in [-0.4, -0.2) is 5.78 Å². The SMILES string of the molecule is CCCC1CC[C@]2(C)[C@H](CCCC2(C)C)C1=O. The molecule has 0 heterocycles. The van der Waals surface area contributed by atoms with Gasteiger partial charge in [-0.15, -0.1) is 0 Å². The molecular formula is C16H28O. The summed E-state index contributed by atoms with van der Waals surface area (Å²) in [5.41, 5.74) is 0.620. The van der Waals surface area contributed by atoms with E-state index in [0.717, 1.165) is 25.7 Å². The van der Waals surface area contributed by atoms with Crippen molar-refractivity contribution in [1.29, 1.82) is 0 Å². The Hall–Kier alpha value is -0.330. The number of hydrogen-bond acceptors (Lipinski definition) is 1. The van der Waals surface area contributed by atoms with Gasteiger partial charge in [0.15, 0.2) is 0 Å². The molecule has 0 bridgehead atoms. The molecule has 2 rings (SSSR count). The molecule has 0 radical (unpaired) electrons. The lowest BCUT2D eigenvalue weighted by molar-refractivity contribution is -0.147. The molecular weight excluding hydrogens is 208 g/mol. The smallest absolute Gasteiger partial charge is 0.139 e. The van der Waals surface area contributed by atoms with E-state index in [1.165, 1.54) is 19.3 Å². The molecule has 0 N–H and O–H groups in total. The third kappa shape index (κ3) is 1.96. The van der Waals surface area contributed by atoms with E-state index in [1.54, 1.807) is 0 Å². The number of carbonyl (C=O) groups excluding carboxylic acids is 1. The van der Waals surface area contributed by atoms with E-state index in [9.17, 15) is 4.79 Å². The van der Waals surface area contributed by atoms with Crippen LogP contribution in [0.1, 0.15) is 72.6 Å². The maximum atomic E-state index is 12.6. The van der Waals surface area contributed by atoms with Gasteiger partial charge in [-0.25, -0.2) is 0 Å². The molecule has 2 fully saturated rings. The Bertz CT molecular complexity index is 305. The number of carbonyl (C=O) groups is 1. The third-order valence-electron chi connectivity index (χ3n) is 6.00. The summed E-state index contributed by atoms with van der Waals surface area (Å²) in [6.07, 6.45) is 8.38. The zero-order valence-electron chi connectivity index (χ0n) is 12.0. The molecule has 0 amide bonds. The van der Waals surface area contributed by atoms with Crippen LogP contribution in [-0.2, 0) is 4.79 Å². The van der Waals surface area contributed by atoms with Gasteiger partial charge in [0.2, 0.25) is 0 Å². The van der Waals surface area contributed by atoms with E-state index in [-0.39, 0.29) is 5.41 Å². The quantitative estimate of drug-likeness (QED) is 0.685. The number of fused-ring (bicyclic) bond motifs is 1. The molecule has 0 aromatic heterocycles. The van der Waals surface area contributed by atoms with Crippen molar-refractivity contribution in [2.45, 2.75) is 72.6 Å². The summed E-state index contributed by atoms with van der Waals surface area (Å²) in [6, 6.07) is 0. The fourth-order valence-corrected chi connectivity index (χ4v) is 4.33. The standard InChI is InChI=1S/C16H28O/c1-5-7-12-9-11-16(4)13(14(12)17)8-6-10-15(16,2)3/h12-13H,5-11H2,1-4H3/t12?,13-,16-/m1/s1. The van der Waals surface area contributed by atoms with Gasteiger partial charge in [-0.05, 0) is 42.9 Å². The molecule has 2 saturated carbocycles. The lowest BCUT2D eigenvalue weighted by Crippen LogP contribution is -2.52. The van der Waals surface area contributed by atoms with Gasteiger partial charge in [-0.3, -0.25) is 4.79 Å². The predicted octanol–water partition coefficient (Wildman–Crippen LogP) is 4.60. The van der Waals surface area contributed by atoms with Crippen LogP contribution in [0.25, 0.3) is 0 Å². The highest BCUT2D eigenvalue weighted by Crippen LogP contribution is 2.59. The molecule has 3 atom stereocenters. The van der Waals surface area contributed by atoms with Crippen molar-refractivity contribution in [2.24, 2.45) is 22.7 Å². The largest absolute Gasteiger partial charge is 0.299 e. The van der Waals surface area contributed by atoms with E-state index in [1.807, 2.05) is 0 Å². The molecule has 0 aromatic carbocycles. The first-order valence-corrected chi connectivity index (χ1v) is 7.46. The summed E-state index contributed by atoms with van der Waals surface area (Å²) >= 11 is 0. The van der Waals surface area contributed by atoms with Crippen LogP contribution in [0.15, 0.2) is 0 Å². The van der Waals surface area contributed by atoms with Crippen molar-refractivity contribution in [3.63, 3.8) is 0 Å². The van der Waals surface area contributed by atoms with Gasteiger partial charge in [0.05, 0.1) is 0 Å². The van der Waals surface area contributed by atoms with Gasteiger partial charge in [-0.1, -0.05) is 40.5 Å². The molecule has 1 nitrogen and oxygen atoms in total. The minimum Gasteiger partial charge on any atom is -0.299 e. The zero-order chi connectivity index (χ0) is 12.7. The van der Waals surface area contributed by atoms with Crippen LogP contribution in [0.5, 0.6) is 0 Å². The Morgan fingerprint density at radius 1 is 1.18 bits per heavy atom. The lowest BCUT2D eigenvalue weighted by Gasteiger charge is -2.56. The Morgan fingerprint density at radius 3 is 2.53 bits per heavy atom. The highest BCUT2D eigenvalue weighted by molar-refractivity contribution is 5.85. The number of rotatable bonds is 2. The summed E-state index contributed by atoms with van der Waals surface area (Å²) in [7, 11) is 0. The molecule has 0 spiro atoms. The Kier molecular flexibility index (Phi) is 3.40. The van der Waals surface area contributed by atoms with Crippen molar-refractivity contribution < 1.29 is 4.79 Å². The second-order valence-electron chi connectivity index (χ2n) is 7.17. The zero-order valence-corrected chi connectivity index (χ0v) is 12.0. The van der Waals surface area contributed by atoms with Crippen LogP contribution < -0.4 is 0 Å². The molecule has 0 saturated heterocycles. The highest BCUT2D eigenvalue weighted by atomic mass is 16.1. The van der Waals surface area contributed by atoms with Crippen LogP contribution in [0.4, 0.5) is 0 Å². The Labute approximate surface area is 106 Å². The van der Waals surface area contributed by atoms with Gasteiger partial charge in [0.1, 0.15) is 5.78 Å². The fraction of sp³-hybridized carbons (Fsp3) is 0.938. The first-order valence-electron chi connectivity index (χ1n) is 7.46. The topological polar surface area (TPSA) is 17.1 Å². The van der Waals surface area contributed by atoms with E-state index in [4.69, 9.17) is 0 Å². The number of Topliss-reactive ketones (excluding diaryl/α,β-unsaturated/α-hetero) is 1. The van der Waals surface area contributed by atoms with Gasteiger partial charge in [0.25, 0.3) is 0 Å². The molecule has 0 aliphatic heterocycles. The van der Waals surface area contributed by atoms with E-state index >= 15 is 0 Å². The maximum Gasteiger partial charge on any atom is 0.139 e. The summed E-state index contributed by atoms with van der Waals surface area (Å²) in [5, 5.41) is 0. The normalized spacial score (nSPS) is 41.1. The van der Waals surface area contributed by atoms with Crippen molar-refractivity contribution in [1.82, 2.24) is 0 Å². The average Bonchev–Trinajstić information content (AvgIpc) is 2.26. The first kappa shape index (κ1) is 13.1. The van der Waals surface area contributed by atoms with E-state index in [2.05, 4.69) is 27.7 Å². The molecule has 0 aromatic rings. The van der Waals surface area contributed by atoms with Crippen molar-refractivity contribution in [2.75, 3.05) is 0 Å². The van der Waals surface area contributed by atoms with Gasteiger partial charge < -0.3 is 0 Å². The number of ketones is 1. The van der Waals surface area contributed by atoms with E-state index < -0.39 is 0 Å². The van der Waals surface area contributed by atoms with E-state index in [0.29, 0.717) is 23.0 Å². The van der Waals surface area contributed by atoms with Crippen LogP contribution in [0.3, 0.4) is 0 Å². The maximum absolute atomic E-state index is 12.6. The summed E-state index contributed by atoms with van der Waals surface area (Å²) in [4.78, 5) is 12.6. The molecule has 17 heavy (non-hydrogen) atoms. The fourth-order valence-electron chi connectivity index (χ4n) is 4.33. The van der Waals surface area contributed by atoms with Crippen molar-refractivity contribution in [3.8, 4) is 0 Å². The average molecular weight is 236 g/mol. The predicted molar refractivity (Wildman–Crippen MR) is 71.9 cm³/mol.